The number of aromatic nitrogens is 2. The zero-order chi connectivity index (χ0) is 19.6. The summed E-state index contributed by atoms with van der Waals surface area (Å²) < 4.78 is 7.04. The van der Waals surface area contributed by atoms with Crippen LogP contribution in [0.4, 0.5) is 0 Å². The minimum absolute atomic E-state index is 0.301. The Hall–Kier alpha value is -2.38. The van der Waals surface area contributed by atoms with Crippen LogP contribution in [0.1, 0.15) is 35.6 Å². The van der Waals surface area contributed by atoms with E-state index in [0.29, 0.717) is 16.4 Å². The number of fused-ring (bicyclic) bond motifs is 1. The van der Waals surface area contributed by atoms with Crippen molar-refractivity contribution >= 4 is 45.0 Å². The number of carbonyl (C=O) groups is 2. The van der Waals surface area contributed by atoms with Gasteiger partial charge in [0.05, 0.1) is 16.4 Å². The number of thiophene rings is 1. The number of amides is 1. The van der Waals surface area contributed by atoms with E-state index >= 15 is 0 Å². The van der Waals surface area contributed by atoms with Gasteiger partial charge in [0.2, 0.25) is 0 Å². The Labute approximate surface area is 166 Å². The molecule has 1 unspecified atom stereocenters. The molecule has 0 aliphatic heterocycles. The normalized spacial score (nSPS) is 12.1. The van der Waals surface area contributed by atoms with Crippen LogP contribution in [0.5, 0.6) is 0 Å². The van der Waals surface area contributed by atoms with Crippen LogP contribution in [0, 0.1) is 6.92 Å². The molecule has 3 rings (SSSR count). The molecule has 27 heavy (non-hydrogen) atoms. The summed E-state index contributed by atoms with van der Waals surface area (Å²) in [6, 6.07) is 9.13. The molecule has 0 aliphatic rings. The van der Waals surface area contributed by atoms with Crippen molar-refractivity contribution in [2.45, 2.75) is 33.3 Å². The molecule has 6 nitrogen and oxygen atoms in total. The van der Waals surface area contributed by atoms with Gasteiger partial charge in [0, 0.05) is 11.9 Å². The van der Waals surface area contributed by atoms with E-state index in [4.69, 9.17) is 16.3 Å². The zero-order valence-corrected chi connectivity index (χ0v) is 16.9. The van der Waals surface area contributed by atoms with Crippen molar-refractivity contribution in [3.63, 3.8) is 0 Å². The number of carbonyl (C=O) groups excluding carboxylic acids is 2. The maximum absolute atomic E-state index is 12.5. The van der Waals surface area contributed by atoms with Crippen molar-refractivity contribution in [2.75, 3.05) is 6.54 Å². The first kappa shape index (κ1) is 19.4. The number of rotatable bonds is 6. The largest absolute Gasteiger partial charge is 0.448 e. The van der Waals surface area contributed by atoms with E-state index in [-0.39, 0.29) is 5.91 Å². The maximum atomic E-state index is 12.5. The first-order chi connectivity index (χ1) is 12.9. The molecular weight excluding hydrogens is 386 g/mol. The molecule has 0 bridgehead atoms. The number of para-hydroxylation sites is 1. The molecule has 0 aliphatic carbocycles. The molecule has 1 atom stereocenters. The molecule has 1 amide bonds. The summed E-state index contributed by atoms with van der Waals surface area (Å²) in [5.41, 5.74) is 1.53. The molecule has 8 heteroatoms. The number of hydrogen-bond donors (Lipinski definition) is 1. The Morgan fingerprint density at radius 2 is 2.11 bits per heavy atom. The van der Waals surface area contributed by atoms with E-state index in [1.165, 1.54) is 11.3 Å². The number of halogens is 1. The van der Waals surface area contributed by atoms with Crippen molar-refractivity contribution in [3.05, 3.63) is 45.9 Å². The number of esters is 1. The quantitative estimate of drug-likeness (QED) is 0.626. The lowest BCUT2D eigenvalue weighted by atomic mass is 10.3. The second kappa shape index (κ2) is 8.10. The van der Waals surface area contributed by atoms with E-state index in [1.807, 2.05) is 32.0 Å². The second-order valence-corrected chi connectivity index (χ2v) is 7.55. The molecule has 3 aromatic rings. The standard InChI is InChI=1S/C19H20ClN3O3S/c1-4-9-21-17(24)12(3)26-19(25)16-10-13-11(2)22-23(18(13)27-16)15-8-6-5-7-14(15)20/h5-8,10,12H,4,9H2,1-3H3,(H,21,24). The first-order valence-corrected chi connectivity index (χ1v) is 9.84. The van der Waals surface area contributed by atoms with Crippen LogP contribution in [0.3, 0.4) is 0 Å². The van der Waals surface area contributed by atoms with Crippen molar-refractivity contribution in [1.82, 2.24) is 15.1 Å². The highest BCUT2D eigenvalue weighted by Crippen LogP contribution is 2.32. The average molecular weight is 406 g/mol. The monoisotopic (exact) mass is 405 g/mol. The van der Waals surface area contributed by atoms with Gasteiger partial charge in [-0.1, -0.05) is 30.7 Å². The van der Waals surface area contributed by atoms with Gasteiger partial charge in [0.1, 0.15) is 9.71 Å². The van der Waals surface area contributed by atoms with Crippen LogP contribution >= 0.6 is 22.9 Å². The lowest BCUT2D eigenvalue weighted by Crippen LogP contribution is -2.36. The Morgan fingerprint density at radius 1 is 1.37 bits per heavy atom. The van der Waals surface area contributed by atoms with E-state index in [1.54, 1.807) is 23.7 Å². The summed E-state index contributed by atoms with van der Waals surface area (Å²) >= 11 is 7.55. The number of hydrogen-bond acceptors (Lipinski definition) is 5. The molecule has 142 valence electrons. The number of benzene rings is 1. The average Bonchev–Trinajstić information content (AvgIpc) is 3.21. The Morgan fingerprint density at radius 3 is 2.81 bits per heavy atom. The van der Waals surface area contributed by atoms with Crippen LogP contribution in [-0.4, -0.2) is 34.3 Å². The molecule has 0 saturated heterocycles. The third kappa shape index (κ3) is 3.99. The third-order valence-corrected chi connectivity index (χ3v) is 5.44. The van der Waals surface area contributed by atoms with Crippen molar-refractivity contribution in [1.29, 1.82) is 0 Å². The molecular formula is C19H20ClN3O3S. The fourth-order valence-electron chi connectivity index (χ4n) is 2.60. The van der Waals surface area contributed by atoms with E-state index in [0.717, 1.165) is 28.0 Å². The topological polar surface area (TPSA) is 73.2 Å². The number of nitrogens with zero attached hydrogens (tertiary/aromatic N) is 2. The van der Waals surface area contributed by atoms with Crippen LogP contribution in [0.2, 0.25) is 5.02 Å². The highest BCUT2D eigenvalue weighted by molar-refractivity contribution is 7.20. The van der Waals surface area contributed by atoms with Crippen LogP contribution in [0.15, 0.2) is 30.3 Å². The summed E-state index contributed by atoms with van der Waals surface area (Å²) in [6.45, 7) is 5.94. The minimum Gasteiger partial charge on any atom is -0.448 e. The second-order valence-electron chi connectivity index (χ2n) is 6.12. The van der Waals surface area contributed by atoms with Gasteiger partial charge in [0.15, 0.2) is 6.10 Å². The number of nitrogens with one attached hydrogen (secondary N) is 1. The lowest BCUT2D eigenvalue weighted by molar-refractivity contribution is -0.129. The number of aryl methyl sites for hydroxylation is 1. The fourth-order valence-corrected chi connectivity index (χ4v) is 3.87. The Kier molecular flexibility index (Phi) is 5.82. The molecule has 0 fully saturated rings. The predicted octanol–water partition coefficient (Wildman–Crippen LogP) is 4.12. The molecule has 0 radical (unpaired) electrons. The maximum Gasteiger partial charge on any atom is 0.349 e. The van der Waals surface area contributed by atoms with E-state index in [9.17, 15) is 9.59 Å². The van der Waals surface area contributed by atoms with Gasteiger partial charge in [-0.3, -0.25) is 4.79 Å². The van der Waals surface area contributed by atoms with Gasteiger partial charge in [-0.2, -0.15) is 5.10 Å². The van der Waals surface area contributed by atoms with Gasteiger partial charge >= 0.3 is 5.97 Å². The molecule has 0 spiro atoms. The van der Waals surface area contributed by atoms with Crippen LogP contribution in [-0.2, 0) is 9.53 Å². The van der Waals surface area contributed by atoms with Gasteiger partial charge in [-0.05, 0) is 38.5 Å². The van der Waals surface area contributed by atoms with Gasteiger partial charge < -0.3 is 10.1 Å². The van der Waals surface area contributed by atoms with E-state index < -0.39 is 12.1 Å². The van der Waals surface area contributed by atoms with Crippen molar-refractivity contribution in [3.8, 4) is 5.69 Å². The van der Waals surface area contributed by atoms with Gasteiger partial charge in [-0.25, -0.2) is 9.48 Å². The molecule has 0 saturated carbocycles. The summed E-state index contributed by atoms with van der Waals surface area (Å²) in [7, 11) is 0. The lowest BCUT2D eigenvalue weighted by Gasteiger charge is -2.12. The van der Waals surface area contributed by atoms with Gasteiger partial charge in [-0.15, -0.1) is 11.3 Å². The number of ether oxygens (including phenoxy) is 1. The van der Waals surface area contributed by atoms with Crippen LogP contribution in [0.25, 0.3) is 15.9 Å². The minimum atomic E-state index is -0.851. The van der Waals surface area contributed by atoms with E-state index in [2.05, 4.69) is 10.4 Å². The smallest absolute Gasteiger partial charge is 0.349 e. The van der Waals surface area contributed by atoms with Crippen molar-refractivity contribution < 1.29 is 14.3 Å². The summed E-state index contributed by atoms with van der Waals surface area (Å²) in [4.78, 5) is 25.6. The Bertz CT molecular complexity index is 995. The fraction of sp³-hybridized carbons (Fsp3) is 0.316. The summed E-state index contributed by atoms with van der Waals surface area (Å²) in [5, 5.41) is 8.67. The molecule has 2 heterocycles. The van der Waals surface area contributed by atoms with Crippen LogP contribution < -0.4 is 5.32 Å². The van der Waals surface area contributed by atoms with Crippen molar-refractivity contribution in [2.24, 2.45) is 0 Å². The SMILES string of the molecule is CCCNC(=O)C(C)OC(=O)c1cc2c(C)nn(-c3ccccc3Cl)c2s1. The highest BCUT2D eigenvalue weighted by Gasteiger charge is 2.22. The first-order valence-electron chi connectivity index (χ1n) is 8.65. The third-order valence-electron chi connectivity index (χ3n) is 4.03. The zero-order valence-electron chi connectivity index (χ0n) is 15.3. The predicted molar refractivity (Wildman–Crippen MR) is 107 cm³/mol. The summed E-state index contributed by atoms with van der Waals surface area (Å²) in [6.07, 6.45) is -0.0315. The Balaban J connectivity index is 1.87. The summed E-state index contributed by atoms with van der Waals surface area (Å²) in [5.74, 6) is -0.829. The highest BCUT2D eigenvalue weighted by atomic mass is 35.5. The van der Waals surface area contributed by atoms with Gasteiger partial charge in [0.25, 0.3) is 5.91 Å². The molecule has 1 aromatic carbocycles. The molecule has 1 N–H and O–H groups in total. The molecule has 2 aromatic heterocycles.